The highest BCUT2D eigenvalue weighted by atomic mass is 28.3. The number of esters is 1. The van der Waals surface area contributed by atoms with Crippen LogP contribution in [-0.2, 0) is 24.4 Å². The Morgan fingerprint density at radius 1 is 1.08 bits per heavy atom. The molecule has 1 spiro atoms. The van der Waals surface area contributed by atoms with Crippen molar-refractivity contribution in [3.05, 3.63) is 35.4 Å². The second kappa shape index (κ2) is 10.7. The van der Waals surface area contributed by atoms with Gasteiger partial charge in [0.05, 0.1) is 18.9 Å². The van der Waals surface area contributed by atoms with E-state index < -0.39 is 25.1 Å². The maximum atomic E-state index is 13.1. The van der Waals surface area contributed by atoms with Crippen LogP contribution in [0, 0.1) is 0 Å². The normalized spacial score (nSPS) is 19.6. The molecule has 0 saturated carbocycles. The summed E-state index contributed by atoms with van der Waals surface area (Å²) in [5.74, 6) is -0.405. The second-order valence-corrected chi connectivity index (χ2v) is 17.4. The number of amides is 2. The van der Waals surface area contributed by atoms with Crippen molar-refractivity contribution in [1.82, 2.24) is 4.90 Å². The molecule has 8 nitrogen and oxygen atoms in total. The Bertz CT molecular complexity index is 1030. The molecule has 2 amide bonds. The molecule has 36 heavy (non-hydrogen) atoms. The van der Waals surface area contributed by atoms with Gasteiger partial charge in [0.15, 0.2) is 0 Å². The Hall–Kier alpha value is -2.81. The van der Waals surface area contributed by atoms with Crippen molar-refractivity contribution < 1.29 is 28.6 Å². The number of carbonyl (C=O) groups excluding carboxylic acids is 3. The van der Waals surface area contributed by atoms with Crippen molar-refractivity contribution in [1.29, 1.82) is 0 Å². The van der Waals surface area contributed by atoms with Crippen molar-refractivity contribution in [3.63, 3.8) is 0 Å². The van der Waals surface area contributed by atoms with Crippen LogP contribution < -0.4 is 4.90 Å². The van der Waals surface area contributed by atoms with Crippen LogP contribution in [0.4, 0.5) is 15.3 Å². The number of hydrogen-bond donors (Lipinski definition) is 0. The van der Waals surface area contributed by atoms with Gasteiger partial charge in [-0.15, -0.1) is 0 Å². The first-order valence-corrected chi connectivity index (χ1v) is 16.4. The van der Waals surface area contributed by atoms with Gasteiger partial charge in [0.1, 0.15) is 5.60 Å². The Morgan fingerprint density at radius 2 is 1.81 bits per heavy atom. The zero-order valence-corrected chi connectivity index (χ0v) is 23.7. The summed E-state index contributed by atoms with van der Waals surface area (Å²) in [6.45, 7) is 16.2. The summed E-state index contributed by atoms with van der Waals surface area (Å²) in [6.07, 6.45) is 3.09. The molecule has 0 aliphatic carbocycles. The highest BCUT2D eigenvalue weighted by Gasteiger charge is 2.50. The number of likely N-dealkylation sites (tertiary alicyclic amines) is 1. The molecule has 1 atom stereocenters. The van der Waals surface area contributed by atoms with E-state index in [1.54, 1.807) is 22.8 Å². The summed E-state index contributed by atoms with van der Waals surface area (Å²) >= 11 is 0. The summed E-state index contributed by atoms with van der Waals surface area (Å²) in [5.41, 5.74) is 1.56. The lowest BCUT2D eigenvalue weighted by Gasteiger charge is -2.27. The summed E-state index contributed by atoms with van der Waals surface area (Å²) in [7, 11) is -1.34. The van der Waals surface area contributed by atoms with Crippen LogP contribution in [-0.4, -0.2) is 69.6 Å². The molecule has 9 heteroatoms. The number of fused-ring (bicyclic) bond motifs is 2. The van der Waals surface area contributed by atoms with Gasteiger partial charge in [0.25, 0.3) is 0 Å². The van der Waals surface area contributed by atoms with Gasteiger partial charge >= 0.3 is 18.2 Å². The molecule has 0 N–H and O–H groups in total. The van der Waals surface area contributed by atoms with Crippen LogP contribution in [0.1, 0.15) is 45.2 Å². The summed E-state index contributed by atoms with van der Waals surface area (Å²) in [5, 5.41) is 0. The number of ether oxygens (including phenoxy) is 3. The molecule has 3 rings (SSSR count). The van der Waals surface area contributed by atoms with E-state index in [0.717, 1.165) is 22.9 Å². The number of carbonyl (C=O) groups is 3. The molecule has 0 aromatic heterocycles. The van der Waals surface area contributed by atoms with Crippen LogP contribution in [0.5, 0.6) is 0 Å². The molecule has 0 radical (unpaired) electrons. The third kappa shape index (κ3) is 6.90. The summed E-state index contributed by atoms with van der Waals surface area (Å²) in [4.78, 5) is 41.2. The minimum absolute atomic E-state index is 0.311. The second-order valence-electron chi connectivity index (χ2n) is 11.8. The largest absolute Gasteiger partial charge is 0.463 e. The van der Waals surface area contributed by atoms with E-state index in [-0.39, 0.29) is 12.2 Å². The highest BCUT2D eigenvalue weighted by Crippen LogP contribution is 2.47. The van der Waals surface area contributed by atoms with Gasteiger partial charge in [-0.05, 0) is 69.5 Å². The molecule has 1 unspecified atom stereocenters. The first-order valence-electron chi connectivity index (χ1n) is 12.6. The van der Waals surface area contributed by atoms with E-state index in [1.807, 2.05) is 39.0 Å². The van der Waals surface area contributed by atoms with Gasteiger partial charge in [0.2, 0.25) is 0 Å². The number of anilines is 1. The predicted octanol–water partition coefficient (Wildman–Crippen LogP) is 5.44. The molecule has 2 aliphatic heterocycles. The van der Waals surface area contributed by atoms with Crippen LogP contribution in [0.25, 0.3) is 6.08 Å². The maximum absolute atomic E-state index is 13.1. The number of rotatable bonds is 6. The van der Waals surface area contributed by atoms with Gasteiger partial charge in [-0.2, -0.15) is 0 Å². The van der Waals surface area contributed by atoms with Gasteiger partial charge < -0.3 is 19.1 Å². The van der Waals surface area contributed by atoms with Crippen LogP contribution in [0.2, 0.25) is 25.7 Å². The van der Waals surface area contributed by atoms with Crippen molar-refractivity contribution in [3.8, 4) is 0 Å². The zero-order chi connectivity index (χ0) is 26.7. The van der Waals surface area contributed by atoms with Crippen molar-refractivity contribution in [2.24, 2.45) is 0 Å². The van der Waals surface area contributed by atoms with Gasteiger partial charge in [-0.25, -0.2) is 14.4 Å². The SMILES string of the molecule is CCOC(=O)/C=C/c1ccc2c(c1)C1(CCN(C(=O)OC(C)(C)C)C1)CN2C(=O)OCC[Si](C)(C)C. The van der Waals surface area contributed by atoms with Crippen molar-refractivity contribution >= 4 is 38.0 Å². The molecular weight excluding hydrogens is 476 g/mol. The first kappa shape index (κ1) is 27.8. The van der Waals surface area contributed by atoms with E-state index in [4.69, 9.17) is 14.2 Å². The molecule has 0 bridgehead atoms. The van der Waals surface area contributed by atoms with E-state index in [0.29, 0.717) is 39.3 Å². The van der Waals surface area contributed by atoms with Crippen LogP contribution in [0.3, 0.4) is 0 Å². The van der Waals surface area contributed by atoms with E-state index >= 15 is 0 Å². The Kier molecular flexibility index (Phi) is 8.22. The highest BCUT2D eigenvalue weighted by molar-refractivity contribution is 6.76. The number of hydrogen-bond acceptors (Lipinski definition) is 6. The molecule has 1 saturated heterocycles. The van der Waals surface area contributed by atoms with Crippen LogP contribution >= 0.6 is 0 Å². The molecular formula is C27H40N2O6Si. The average molecular weight is 517 g/mol. The first-order chi connectivity index (χ1) is 16.7. The van der Waals surface area contributed by atoms with Crippen molar-refractivity contribution in [2.75, 3.05) is 37.7 Å². The Balaban J connectivity index is 1.88. The van der Waals surface area contributed by atoms with Crippen LogP contribution in [0.15, 0.2) is 24.3 Å². The topological polar surface area (TPSA) is 85.4 Å². The lowest BCUT2D eigenvalue weighted by atomic mass is 9.81. The van der Waals surface area contributed by atoms with E-state index in [2.05, 4.69) is 19.6 Å². The smallest absolute Gasteiger partial charge is 0.414 e. The monoisotopic (exact) mass is 516 g/mol. The molecule has 2 heterocycles. The third-order valence-corrected chi connectivity index (χ3v) is 8.05. The zero-order valence-electron chi connectivity index (χ0n) is 22.7. The fraction of sp³-hybridized carbons (Fsp3) is 0.593. The van der Waals surface area contributed by atoms with Gasteiger partial charge in [-0.1, -0.05) is 25.7 Å². The quantitative estimate of drug-likeness (QED) is 0.217. The maximum Gasteiger partial charge on any atom is 0.414 e. The van der Waals surface area contributed by atoms with E-state index in [1.165, 1.54) is 6.08 Å². The lowest BCUT2D eigenvalue weighted by molar-refractivity contribution is -0.137. The minimum Gasteiger partial charge on any atom is -0.463 e. The molecule has 1 fully saturated rings. The van der Waals surface area contributed by atoms with Gasteiger partial charge in [-0.3, -0.25) is 4.90 Å². The molecule has 198 valence electrons. The summed E-state index contributed by atoms with van der Waals surface area (Å²) in [6, 6.07) is 6.66. The number of benzene rings is 1. The number of nitrogens with zero attached hydrogens (tertiary/aromatic N) is 2. The molecule has 1 aromatic carbocycles. The standard InChI is InChI=1S/C27H40N2O6Si/c1-8-33-23(30)12-10-20-9-11-22-21(17-20)27(13-14-28(18-27)24(31)35-26(2,3)4)19-29(22)25(32)34-15-16-36(5,6)7/h9-12,17H,8,13-16,18-19H2,1-7H3/b12-10+. The van der Waals surface area contributed by atoms with Gasteiger partial charge in [0, 0.05) is 39.2 Å². The minimum atomic E-state index is -1.34. The summed E-state index contributed by atoms with van der Waals surface area (Å²) < 4.78 is 16.3. The average Bonchev–Trinajstić information content (AvgIpc) is 3.33. The Morgan fingerprint density at radius 3 is 2.44 bits per heavy atom. The molecule has 2 aliphatic rings. The fourth-order valence-corrected chi connectivity index (χ4v) is 5.25. The van der Waals surface area contributed by atoms with E-state index in [9.17, 15) is 14.4 Å². The third-order valence-electron chi connectivity index (χ3n) is 6.35. The lowest BCUT2D eigenvalue weighted by Crippen LogP contribution is -2.41. The predicted molar refractivity (Wildman–Crippen MR) is 143 cm³/mol. The van der Waals surface area contributed by atoms with Crippen molar-refractivity contribution in [2.45, 2.75) is 70.8 Å². The Labute approximate surface area is 215 Å². The fourth-order valence-electron chi connectivity index (χ4n) is 4.53. The molecule has 1 aromatic rings.